The number of aromatic nitrogens is 1. The minimum atomic E-state index is -0.549. The smallest absolute Gasteiger partial charge is 0.410 e. The molecule has 2 aliphatic heterocycles. The zero-order valence-corrected chi connectivity index (χ0v) is 19.8. The van der Waals surface area contributed by atoms with Crippen molar-refractivity contribution in [2.24, 2.45) is 0 Å². The summed E-state index contributed by atoms with van der Waals surface area (Å²) in [4.78, 5) is 33.8. The quantitative estimate of drug-likeness (QED) is 0.757. The number of anilines is 2. The van der Waals surface area contributed by atoms with Crippen LogP contribution >= 0.6 is 0 Å². The van der Waals surface area contributed by atoms with E-state index in [-0.39, 0.29) is 17.9 Å². The van der Waals surface area contributed by atoms with Gasteiger partial charge in [-0.15, -0.1) is 0 Å². The van der Waals surface area contributed by atoms with E-state index in [1.807, 2.05) is 45.0 Å². The van der Waals surface area contributed by atoms with Crippen LogP contribution in [-0.2, 0) is 16.0 Å². The fraction of sp³-hybridized carbons (Fsp3) is 0.480. The minimum absolute atomic E-state index is 0.160. The third kappa shape index (κ3) is 5.63. The molecule has 0 radical (unpaired) electrons. The van der Waals surface area contributed by atoms with Crippen LogP contribution in [0, 0.1) is 0 Å². The van der Waals surface area contributed by atoms with Crippen LogP contribution < -0.4 is 10.2 Å². The largest absolute Gasteiger partial charge is 0.444 e. The van der Waals surface area contributed by atoms with Crippen molar-refractivity contribution in [1.82, 2.24) is 9.88 Å². The summed E-state index contributed by atoms with van der Waals surface area (Å²) in [5.41, 5.74) is 3.72. The van der Waals surface area contributed by atoms with Crippen LogP contribution in [-0.4, -0.2) is 60.3 Å². The van der Waals surface area contributed by atoms with E-state index in [1.54, 1.807) is 17.3 Å². The van der Waals surface area contributed by atoms with Gasteiger partial charge in [0, 0.05) is 31.7 Å². The number of hydrogen-bond acceptors (Lipinski definition) is 6. The molecule has 1 fully saturated rings. The van der Waals surface area contributed by atoms with E-state index in [0.717, 1.165) is 29.9 Å². The van der Waals surface area contributed by atoms with Crippen LogP contribution in [0.2, 0.25) is 0 Å². The van der Waals surface area contributed by atoms with Gasteiger partial charge in [0.1, 0.15) is 5.60 Å². The molecule has 2 amide bonds. The van der Waals surface area contributed by atoms with E-state index in [2.05, 4.69) is 22.1 Å². The van der Waals surface area contributed by atoms with E-state index in [1.165, 1.54) is 0 Å². The number of nitrogens with zero attached hydrogens (tertiary/aromatic N) is 3. The number of carbonyl (C=O) groups is 2. The molecule has 1 aromatic carbocycles. The molecule has 0 spiro atoms. The van der Waals surface area contributed by atoms with Gasteiger partial charge in [-0.2, -0.15) is 0 Å². The summed E-state index contributed by atoms with van der Waals surface area (Å²) in [7, 11) is 0. The fourth-order valence-electron chi connectivity index (χ4n) is 4.22. The van der Waals surface area contributed by atoms with Crippen molar-refractivity contribution in [2.75, 3.05) is 43.1 Å². The summed E-state index contributed by atoms with van der Waals surface area (Å²) >= 11 is 0. The molecule has 1 unspecified atom stereocenters. The first-order valence-corrected chi connectivity index (χ1v) is 11.4. The van der Waals surface area contributed by atoms with Crippen LogP contribution in [0.3, 0.4) is 0 Å². The van der Waals surface area contributed by atoms with E-state index >= 15 is 0 Å². The second-order valence-corrected chi connectivity index (χ2v) is 9.66. The summed E-state index contributed by atoms with van der Waals surface area (Å²) in [5, 5.41) is 2.96. The van der Waals surface area contributed by atoms with Gasteiger partial charge < -0.3 is 24.6 Å². The number of fused-ring (bicyclic) bond motifs is 1. The van der Waals surface area contributed by atoms with Crippen molar-refractivity contribution in [2.45, 2.75) is 45.8 Å². The Balaban J connectivity index is 1.48. The van der Waals surface area contributed by atoms with Crippen LogP contribution in [0.4, 0.5) is 16.2 Å². The van der Waals surface area contributed by atoms with Crippen molar-refractivity contribution in [3.63, 3.8) is 0 Å². The number of benzene rings is 1. The lowest BCUT2D eigenvalue weighted by molar-refractivity contribution is 0.0209. The first kappa shape index (κ1) is 23.0. The zero-order chi connectivity index (χ0) is 23.6. The highest BCUT2D eigenvalue weighted by Gasteiger charge is 2.29. The summed E-state index contributed by atoms with van der Waals surface area (Å²) in [6.45, 7) is 11.6. The molecule has 1 N–H and O–H groups in total. The molecule has 0 saturated carbocycles. The maximum atomic E-state index is 13.0. The topological polar surface area (TPSA) is 84.0 Å². The van der Waals surface area contributed by atoms with Gasteiger partial charge in [-0.3, -0.25) is 9.78 Å². The molecule has 1 saturated heterocycles. The third-order valence-electron chi connectivity index (χ3n) is 5.80. The van der Waals surface area contributed by atoms with E-state index < -0.39 is 5.60 Å². The number of amides is 2. The highest BCUT2D eigenvalue weighted by Crippen LogP contribution is 2.30. The van der Waals surface area contributed by atoms with Gasteiger partial charge in [0.2, 0.25) is 0 Å². The molecule has 8 nitrogen and oxygen atoms in total. The van der Waals surface area contributed by atoms with Gasteiger partial charge in [-0.25, -0.2) is 4.79 Å². The van der Waals surface area contributed by atoms with Crippen molar-refractivity contribution >= 4 is 23.4 Å². The number of rotatable bonds is 3. The molecule has 8 heteroatoms. The molecule has 1 atom stereocenters. The Kier molecular flexibility index (Phi) is 6.56. The fourth-order valence-corrected chi connectivity index (χ4v) is 4.22. The SMILES string of the molecule is CC1CN(C(=O)OC(C)(C)C)Cc2cc(C(=O)Nc3cncc(N4CCOCC4)c3)ccc21. The Bertz CT molecular complexity index is 1030. The summed E-state index contributed by atoms with van der Waals surface area (Å²) in [6.07, 6.45) is 3.11. The lowest BCUT2D eigenvalue weighted by atomic mass is 9.90. The summed E-state index contributed by atoms with van der Waals surface area (Å²) in [5.74, 6) is -0.0476. The molecule has 2 aromatic rings. The van der Waals surface area contributed by atoms with E-state index in [0.29, 0.717) is 37.6 Å². The van der Waals surface area contributed by atoms with Crippen LogP contribution in [0.25, 0.3) is 0 Å². The maximum Gasteiger partial charge on any atom is 0.410 e. The van der Waals surface area contributed by atoms with Crippen molar-refractivity contribution in [3.05, 3.63) is 53.3 Å². The number of ether oxygens (including phenoxy) is 2. The lowest BCUT2D eigenvalue weighted by Crippen LogP contribution is -2.41. The van der Waals surface area contributed by atoms with Gasteiger partial charge in [0.25, 0.3) is 5.91 Å². The second-order valence-electron chi connectivity index (χ2n) is 9.66. The summed E-state index contributed by atoms with van der Waals surface area (Å²) in [6, 6.07) is 7.63. The molecule has 0 aliphatic carbocycles. The number of hydrogen-bond donors (Lipinski definition) is 1. The van der Waals surface area contributed by atoms with Crippen LogP contribution in [0.1, 0.15) is 55.1 Å². The van der Waals surface area contributed by atoms with Crippen molar-refractivity contribution in [1.29, 1.82) is 0 Å². The molecular weight excluding hydrogens is 420 g/mol. The van der Waals surface area contributed by atoms with Gasteiger partial charge in [0.15, 0.2) is 0 Å². The standard InChI is InChI=1S/C25H32N4O4/c1-17-15-29(24(31)33-25(2,3)4)16-19-11-18(5-6-22(17)19)23(30)27-20-12-21(14-26-13-20)28-7-9-32-10-8-28/h5-6,11-14,17H,7-10,15-16H2,1-4H3,(H,27,30). The maximum absolute atomic E-state index is 13.0. The van der Waals surface area contributed by atoms with E-state index in [4.69, 9.17) is 9.47 Å². The molecular formula is C25H32N4O4. The second kappa shape index (κ2) is 9.39. The zero-order valence-electron chi connectivity index (χ0n) is 19.8. The first-order valence-electron chi connectivity index (χ1n) is 11.4. The minimum Gasteiger partial charge on any atom is -0.444 e. The molecule has 3 heterocycles. The molecule has 33 heavy (non-hydrogen) atoms. The Hall–Kier alpha value is -3.13. The number of pyridine rings is 1. The average Bonchev–Trinajstić information content (AvgIpc) is 2.78. The van der Waals surface area contributed by atoms with Crippen LogP contribution in [0.5, 0.6) is 0 Å². The monoisotopic (exact) mass is 452 g/mol. The van der Waals surface area contributed by atoms with Gasteiger partial charge >= 0.3 is 6.09 Å². The Labute approximate surface area is 194 Å². The molecule has 2 aliphatic rings. The predicted octanol–water partition coefficient (Wildman–Crippen LogP) is 4.02. The number of nitrogens with one attached hydrogen (secondary N) is 1. The highest BCUT2D eigenvalue weighted by atomic mass is 16.6. The molecule has 176 valence electrons. The highest BCUT2D eigenvalue weighted by molar-refractivity contribution is 6.04. The van der Waals surface area contributed by atoms with Gasteiger partial charge in [0.05, 0.1) is 37.0 Å². The normalized spacial score (nSPS) is 18.5. The average molecular weight is 453 g/mol. The van der Waals surface area contributed by atoms with Gasteiger partial charge in [-0.05, 0) is 56.0 Å². The third-order valence-corrected chi connectivity index (χ3v) is 5.80. The molecule has 1 aromatic heterocycles. The Morgan fingerprint density at radius 3 is 2.64 bits per heavy atom. The van der Waals surface area contributed by atoms with E-state index in [9.17, 15) is 9.59 Å². The van der Waals surface area contributed by atoms with Gasteiger partial charge in [-0.1, -0.05) is 13.0 Å². The molecule has 0 bridgehead atoms. The predicted molar refractivity (Wildman–Crippen MR) is 127 cm³/mol. The first-order chi connectivity index (χ1) is 15.7. The number of carbonyl (C=O) groups excluding carboxylic acids is 2. The van der Waals surface area contributed by atoms with Crippen molar-refractivity contribution < 1.29 is 19.1 Å². The Morgan fingerprint density at radius 2 is 1.91 bits per heavy atom. The lowest BCUT2D eigenvalue weighted by Gasteiger charge is -2.34. The Morgan fingerprint density at radius 1 is 1.15 bits per heavy atom. The molecule has 4 rings (SSSR count). The van der Waals surface area contributed by atoms with Crippen molar-refractivity contribution in [3.8, 4) is 0 Å². The summed E-state index contributed by atoms with van der Waals surface area (Å²) < 4.78 is 11.0. The van der Waals surface area contributed by atoms with Crippen LogP contribution in [0.15, 0.2) is 36.7 Å². The number of morpholine rings is 1.